The van der Waals surface area contributed by atoms with Gasteiger partial charge in [0.1, 0.15) is 5.75 Å². The van der Waals surface area contributed by atoms with Crippen LogP contribution in [0.25, 0.3) is 33.1 Å². The van der Waals surface area contributed by atoms with Crippen molar-refractivity contribution in [3.8, 4) is 16.9 Å². The molecule has 4 aromatic carbocycles. The number of benzene rings is 4. The molecule has 0 radical (unpaired) electrons. The number of aryl methyl sites for hydroxylation is 2. The van der Waals surface area contributed by atoms with Crippen LogP contribution in [0.4, 0.5) is 19.9 Å². The number of aromatic amines is 1. The second kappa shape index (κ2) is 16.5. The highest BCUT2D eigenvalue weighted by molar-refractivity contribution is 5.91. The van der Waals surface area contributed by atoms with Crippen molar-refractivity contribution in [3.63, 3.8) is 0 Å². The molecule has 0 aliphatic carbocycles. The first-order valence-corrected chi connectivity index (χ1v) is 15.8. The lowest BCUT2D eigenvalue weighted by Gasteiger charge is -2.15. The molecule has 0 unspecified atom stereocenters. The SMILES string of the molecule is F.F.O=C(O)Nc1cc(CCCCCn2c(=O)oc3cc(CNC[C@@H](O)c4ccc(O)c5[nH]c(=O)ccc45)ccc32)ccc1-c1ccccc1. The minimum absolute atomic E-state index is 0. The Morgan fingerprint density at radius 3 is 2.44 bits per heavy atom. The Kier molecular flexibility index (Phi) is 12.3. The van der Waals surface area contributed by atoms with E-state index in [4.69, 9.17) is 4.42 Å². The Hall–Kier alpha value is -5.79. The summed E-state index contributed by atoms with van der Waals surface area (Å²) in [6.07, 6.45) is 1.30. The summed E-state index contributed by atoms with van der Waals surface area (Å²) in [6.45, 7) is 1.15. The molecule has 262 valence electrons. The smallest absolute Gasteiger partial charge is 0.419 e. The minimum Gasteiger partial charge on any atom is -0.506 e. The predicted octanol–water partition coefficient (Wildman–Crippen LogP) is 6.44. The van der Waals surface area contributed by atoms with E-state index in [-0.39, 0.29) is 32.8 Å². The number of rotatable bonds is 13. The van der Waals surface area contributed by atoms with Crippen molar-refractivity contribution in [3.05, 3.63) is 129 Å². The van der Waals surface area contributed by atoms with Gasteiger partial charge in [0.15, 0.2) is 5.58 Å². The molecule has 1 atom stereocenters. The van der Waals surface area contributed by atoms with Crippen molar-refractivity contribution in [2.45, 2.75) is 44.9 Å². The summed E-state index contributed by atoms with van der Waals surface area (Å²) in [5.41, 5.74) is 5.95. The summed E-state index contributed by atoms with van der Waals surface area (Å²) in [6, 6.07) is 27.1. The highest BCUT2D eigenvalue weighted by atomic mass is 19.0. The van der Waals surface area contributed by atoms with Crippen molar-refractivity contribution in [2.24, 2.45) is 0 Å². The number of phenols is 1. The fourth-order valence-corrected chi connectivity index (χ4v) is 6.06. The molecule has 0 bridgehead atoms. The highest BCUT2D eigenvalue weighted by Crippen LogP contribution is 2.30. The average molecular weight is 689 g/mol. The summed E-state index contributed by atoms with van der Waals surface area (Å²) in [4.78, 5) is 38.4. The van der Waals surface area contributed by atoms with Crippen molar-refractivity contribution in [2.75, 3.05) is 11.9 Å². The van der Waals surface area contributed by atoms with Crippen LogP contribution in [0.2, 0.25) is 0 Å². The van der Waals surface area contributed by atoms with E-state index < -0.39 is 18.0 Å². The molecule has 2 heterocycles. The molecule has 0 fully saturated rings. The fraction of sp³-hybridized carbons (Fsp3) is 0.216. The Morgan fingerprint density at radius 1 is 0.880 bits per heavy atom. The molecule has 50 heavy (non-hydrogen) atoms. The number of nitrogens with zero attached hydrogens (tertiary/aromatic N) is 1. The van der Waals surface area contributed by atoms with Gasteiger partial charge in [0.2, 0.25) is 5.56 Å². The molecular formula is C37H38F2N4O7. The van der Waals surface area contributed by atoms with Crippen LogP contribution in [0.3, 0.4) is 0 Å². The van der Waals surface area contributed by atoms with Crippen molar-refractivity contribution in [1.29, 1.82) is 0 Å². The number of hydrogen-bond donors (Lipinski definition) is 6. The number of phenolic OH excluding ortho intramolecular Hbond substituents is 1. The lowest BCUT2D eigenvalue weighted by molar-refractivity contribution is 0.176. The predicted molar refractivity (Wildman–Crippen MR) is 189 cm³/mol. The van der Waals surface area contributed by atoms with E-state index in [2.05, 4.69) is 15.6 Å². The van der Waals surface area contributed by atoms with E-state index in [1.807, 2.05) is 66.7 Å². The number of fused-ring (bicyclic) bond motifs is 2. The number of aliphatic hydroxyl groups is 1. The van der Waals surface area contributed by atoms with E-state index in [0.29, 0.717) is 40.8 Å². The molecule has 2 aromatic heterocycles. The number of halogens is 2. The quantitative estimate of drug-likeness (QED) is 0.0754. The van der Waals surface area contributed by atoms with Crippen LogP contribution in [-0.4, -0.2) is 37.5 Å². The Balaban J connectivity index is 0.00000281. The van der Waals surface area contributed by atoms with Gasteiger partial charge in [-0.05, 0) is 71.8 Å². The van der Waals surface area contributed by atoms with Crippen LogP contribution < -0.4 is 21.9 Å². The Labute approximate surface area is 284 Å². The molecule has 6 N–H and O–H groups in total. The molecular weight excluding hydrogens is 650 g/mol. The molecule has 6 aromatic rings. The first kappa shape index (κ1) is 37.0. The number of amides is 1. The number of nitrogens with one attached hydrogen (secondary N) is 3. The maximum Gasteiger partial charge on any atom is 0.419 e. The summed E-state index contributed by atoms with van der Waals surface area (Å²) in [5.74, 6) is -0.479. The zero-order valence-electron chi connectivity index (χ0n) is 26.9. The molecule has 1 amide bonds. The van der Waals surface area contributed by atoms with Crippen LogP contribution >= 0.6 is 0 Å². The second-order valence-corrected chi connectivity index (χ2v) is 11.7. The van der Waals surface area contributed by atoms with E-state index in [9.17, 15) is 29.7 Å². The number of unbranched alkanes of at least 4 members (excludes halogenated alkanes) is 2. The summed E-state index contributed by atoms with van der Waals surface area (Å²) >= 11 is 0. The number of H-pyrrole nitrogens is 1. The summed E-state index contributed by atoms with van der Waals surface area (Å²) in [5, 5.41) is 36.6. The number of aromatic nitrogens is 2. The van der Waals surface area contributed by atoms with E-state index in [0.717, 1.165) is 47.9 Å². The number of aromatic hydroxyl groups is 1. The standard InChI is InChI=1S/C37H36N4O7.2FH/c42-31-16-13-27(28-14-17-34(44)40-35(28)31)32(43)22-38-21-24-11-15-30-33(20-24)48-37(47)41(30)18-6-2-3-7-23-10-12-26(25-8-4-1-5-9-25)29(19-23)39-36(45)46;;/h1,4-5,8-17,19-20,32,38-39,42-43H,2-3,6-7,18,21-22H2,(H,40,44)(H,45,46);2*1H/t32-;;/m1../s1. The topological polar surface area (TPSA) is 170 Å². The van der Waals surface area contributed by atoms with Gasteiger partial charge in [0.05, 0.1) is 22.8 Å². The third-order valence-corrected chi connectivity index (χ3v) is 8.42. The fourth-order valence-electron chi connectivity index (χ4n) is 6.06. The number of carboxylic acid groups (broad SMARTS) is 1. The molecule has 0 saturated heterocycles. The average Bonchev–Trinajstić information content (AvgIpc) is 3.39. The maximum absolute atomic E-state index is 12.7. The van der Waals surface area contributed by atoms with Gasteiger partial charge >= 0.3 is 11.8 Å². The zero-order valence-corrected chi connectivity index (χ0v) is 26.9. The van der Waals surface area contributed by atoms with Crippen LogP contribution in [0.1, 0.15) is 42.1 Å². The third-order valence-electron chi connectivity index (χ3n) is 8.42. The monoisotopic (exact) mass is 688 g/mol. The van der Waals surface area contributed by atoms with Gasteiger partial charge in [-0.2, -0.15) is 0 Å². The van der Waals surface area contributed by atoms with Gasteiger partial charge in [0, 0.05) is 36.7 Å². The van der Waals surface area contributed by atoms with Crippen LogP contribution in [0.5, 0.6) is 5.75 Å². The first-order chi connectivity index (χ1) is 23.3. The molecule has 11 nitrogen and oxygen atoms in total. The zero-order chi connectivity index (χ0) is 33.6. The lowest BCUT2D eigenvalue weighted by Crippen LogP contribution is -2.21. The normalized spacial score (nSPS) is 11.5. The van der Waals surface area contributed by atoms with Crippen molar-refractivity contribution >= 4 is 33.8 Å². The molecule has 0 aliphatic rings. The van der Waals surface area contributed by atoms with Gasteiger partial charge in [-0.1, -0.05) is 61.0 Å². The van der Waals surface area contributed by atoms with Gasteiger partial charge in [0.25, 0.3) is 0 Å². The lowest BCUT2D eigenvalue weighted by atomic mass is 9.99. The molecule has 0 saturated carbocycles. The molecule has 13 heteroatoms. The number of aliphatic hydroxyl groups excluding tert-OH is 1. The van der Waals surface area contributed by atoms with Crippen LogP contribution in [0, 0.1) is 0 Å². The van der Waals surface area contributed by atoms with Crippen molar-refractivity contribution < 1.29 is 33.9 Å². The Bertz CT molecular complexity index is 2200. The van der Waals surface area contributed by atoms with E-state index in [1.54, 1.807) is 16.7 Å². The minimum atomic E-state index is -1.11. The maximum atomic E-state index is 12.7. The van der Waals surface area contributed by atoms with E-state index >= 15 is 0 Å². The third kappa shape index (κ3) is 8.43. The molecule has 6 rings (SSSR count). The van der Waals surface area contributed by atoms with Gasteiger partial charge in [-0.15, -0.1) is 0 Å². The summed E-state index contributed by atoms with van der Waals surface area (Å²) in [7, 11) is 0. The number of oxazole rings is 1. The van der Waals surface area contributed by atoms with Gasteiger partial charge < -0.3 is 30.0 Å². The Morgan fingerprint density at radius 2 is 1.66 bits per heavy atom. The van der Waals surface area contributed by atoms with E-state index in [1.165, 1.54) is 12.1 Å². The van der Waals surface area contributed by atoms with Crippen LogP contribution in [0.15, 0.2) is 105 Å². The number of pyridine rings is 1. The van der Waals surface area contributed by atoms with Gasteiger partial charge in [-0.25, -0.2) is 9.59 Å². The summed E-state index contributed by atoms with van der Waals surface area (Å²) < 4.78 is 7.19. The number of anilines is 1. The highest BCUT2D eigenvalue weighted by Gasteiger charge is 2.15. The number of hydrogen-bond acceptors (Lipinski definition) is 7. The van der Waals surface area contributed by atoms with Gasteiger partial charge in [-0.3, -0.25) is 24.1 Å². The molecule has 0 aliphatic heterocycles. The largest absolute Gasteiger partial charge is 0.506 e. The molecule has 0 spiro atoms. The van der Waals surface area contributed by atoms with Crippen LogP contribution in [-0.2, 0) is 19.5 Å². The second-order valence-electron chi connectivity index (χ2n) is 11.7. The first-order valence-electron chi connectivity index (χ1n) is 15.8. The number of carbonyl (C=O) groups is 1. The van der Waals surface area contributed by atoms with Crippen molar-refractivity contribution in [1.82, 2.24) is 14.9 Å².